The van der Waals surface area contributed by atoms with Crippen molar-refractivity contribution in [3.05, 3.63) is 100 Å². The van der Waals surface area contributed by atoms with Crippen molar-refractivity contribution in [2.24, 2.45) is 0 Å². The van der Waals surface area contributed by atoms with Crippen molar-refractivity contribution in [3.63, 3.8) is 0 Å². The van der Waals surface area contributed by atoms with Crippen LogP contribution in [-0.4, -0.2) is 61.4 Å². The molecule has 234 valence electrons. The maximum atomic E-state index is 13.4. The van der Waals surface area contributed by atoms with Crippen molar-refractivity contribution >= 4 is 50.8 Å². The number of halogens is 2. The van der Waals surface area contributed by atoms with Crippen LogP contribution in [0.5, 0.6) is 0 Å². The second-order valence-corrected chi connectivity index (χ2v) is 13.2. The highest BCUT2D eigenvalue weighted by atomic mass is 35.5. The lowest BCUT2D eigenvalue weighted by Crippen LogP contribution is -2.54. The van der Waals surface area contributed by atoms with Crippen LogP contribution >= 0.6 is 23.2 Å². The third-order valence-electron chi connectivity index (χ3n) is 6.90. The van der Waals surface area contributed by atoms with E-state index in [0.717, 1.165) is 17.5 Å². The molecule has 1 heterocycles. The number of nitrogens with zero attached hydrogens (tertiary/aromatic N) is 3. The van der Waals surface area contributed by atoms with E-state index >= 15 is 0 Å². The van der Waals surface area contributed by atoms with Crippen LogP contribution in [0.15, 0.2) is 78.9 Å². The number of ether oxygens (including phenoxy) is 1. The average Bonchev–Trinajstić information content (AvgIpc) is 3.86. The molecule has 1 saturated heterocycles. The molecule has 2 fully saturated rings. The fraction of sp³-hybridized carbons (Fsp3) is 0.344. The zero-order chi connectivity index (χ0) is 32.3. The van der Waals surface area contributed by atoms with Gasteiger partial charge < -0.3 is 14.7 Å². The van der Waals surface area contributed by atoms with Gasteiger partial charge in [-0.25, -0.2) is 8.42 Å². The van der Waals surface area contributed by atoms with E-state index in [1.165, 1.54) is 4.31 Å². The molecule has 3 aromatic rings. The van der Waals surface area contributed by atoms with Gasteiger partial charge in [-0.1, -0.05) is 72.6 Å². The fourth-order valence-electron chi connectivity index (χ4n) is 4.68. The van der Waals surface area contributed by atoms with Crippen LogP contribution in [0.1, 0.15) is 50.3 Å². The molecule has 12 heteroatoms. The smallest absolute Gasteiger partial charge is 0.300 e. The standard InChI is InChI=1S/C24H26ClN3O4S.C6H5Cl.C2H4O2/c1-2-20(28-23(15-32-16-24(28)29)17-7-9-19(25)10-8-17)14-27(33(30,31)21-11-12-21)22-6-4-3-5-18(22)13-26;7-6-4-2-1-3-5-6;1-2(3)4/h3-10,20-21,23H,2,11-12,14-16H2,1H3;1-5H;1H3,(H,3,4)/t20-,23-;;/m0../s1. The van der Waals surface area contributed by atoms with Crippen LogP contribution in [0.4, 0.5) is 5.69 Å². The number of hydrogen-bond donors (Lipinski definition) is 1. The van der Waals surface area contributed by atoms with Crippen molar-refractivity contribution in [1.82, 2.24) is 4.90 Å². The molecule has 1 aliphatic heterocycles. The summed E-state index contributed by atoms with van der Waals surface area (Å²) in [5.74, 6) is -1.02. The van der Waals surface area contributed by atoms with Crippen molar-refractivity contribution in [1.29, 1.82) is 5.26 Å². The largest absolute Gasteiger partial charge is 0.481 e. The minimum atomic E-state index is -3.67. The Morgan fingerprint density at radius 2 is 1.61 bits per heavy atom. The number of sulfonamides is 1. The van der Waals surface area contributed by atoms with Crippen LogP contribution in [0, 0.1) is 11.3 Å². The van der Waals surface area contributed by atoms with Crippen LogP contribution in [-0.2, 0) is 24.3 Å². The molecule has 2 atom stereocenters. The summed E-state index contributed by atoms with van der Waals surface area (Å²) in [5, 5.41) is 18.0. The molecule has 5 rings (SSSR count). The van der Waals surface area contributed by atoms with Crippen molar-refractivity contribution in [3.8, 4) is 6.07 Å². The van der Waals surface area contributed by atoms with Gasteiger partial charge in [0.25, 0.3) is 5.97 Å². The molecule has 2 aliphatic rings. The van der Waals surface area contributed by atoms with Crippen LogP contribution in [0.2, 0.25) is 10.0 Å². The summed E-state index contributed by atoms with van der Waals surface area (Å²) in [6, 6.07) is 24.8. The van der Waals surface area contributed by atoms with Gasteiger partial charge in [0.2, 0.25) is 15.9 Å². The lowest BCUT2D eigenvalue weighted by molar-refractivity contribution is -0.152. The minimum absolute atomic E-state index is 0.0508. The summed E-state index contributed by atoms with van der Waals surface area (Å²) in [5.41, 5.74) is 1.52. The van der Waals surface area contributed by atoms with E-state index in [0.29, 0.717) is 42.1 Å². The third kappa shape index (κ3) is 9.69. The molecule has 44 heavy (non-hydrogen) atoms. The molecule has 9 nitrogen and oxygen atoms in total. The van der Waals surface area contributed by atoms with Gasteiger partial charge in [-0.15, -0.1) is 0 Å². The number of aliphatic carboxylic acids is 1. The van der Waals surface area contributed by atoms with Crippen molar-refractivity contribution in [2.45, 2.75) is 50.4 Å². The number of amides is 1. The molecule has 0 aromatic heterocycles. The maximum Gasteiger partial charge on any atom is 0.300 e. The highest BCUT2D eigenvalue weighted by Gasteiger charge is 2.43. The summed E-state index contributed by atoms with van der Waals surface area (Å²) in [6.07, 6.45) is 1.75. The molecular formula is C32H35Cl2N3O6S. The highest BCUT2D eigenvalue weighted by Crippen LogP contribution is 2.36. The summed E-state index contributed by atoms with van der Waals surface area (Å²) >= 11 is 11.6. The number of para-hydroxylation sites is 1. The number of carboxylic acid groups (broad SMARTS) is 1. The first kappa shape index (κ1) is 34.9. The number of hydrogen-bond acceptors (Lipinski definition) is 6. The molecule has 0 radical (unpaired) electrons. The average molecular weight is 661 g/mol. The minimum Gasteiger partial charge on any atom is -0.481 e. The van der Waals surface area contributed by atoms with Crippen molar-refractivity contribution in [2.75, 3.05) is 24.1 Å². The van der Waals surface area contributed by atoms with E-state index < -0.39 is 27.3 Å². The van der Waals surface area contributed by atoms with E-state index in [1.54, 1.807) is 41.3 Å². The van der Waals surface area contributed by atoms with Crippen molar-refractivity contribution < 1.29 is 27.9 Å². The van der Waals surface area contributed by atoms with Gasteiger partial charge in [0, 0.05) is 17.0 Å². The summed E-state index contributed by atoms with van der Waals surface area (Å²) in [4.78, 5) is 23.8. The van der Waals surface area contributed by atoms with Gasteiger partial charge in [-0.3, -0.25) is 13.9 Å². The lowest BCUT2D eigenvalue weighted by atomic mass is 10.0. The zero-order valence-electron chi connectivity index (χ0n) is 24.5. The SMILES string of the molecule is CC(=O)O.CC[C@@H](CN(c1ccccc1C#N)S(=O)(=O)C1CC1)N1C(=O)COC[C@H]1c1ccc(Cl)cc1.Clc1ccccc1. The first-order valence-corrected chi connectivity index (χ1v) is 16.3. The third-order valence-corrected chi connectivity index (χ3v) is 9.68. The summed E-state index contributed by atoms with van der Waals surface area (Å²) in [6.45, 7) is 3.35. The molecular weight excluding hydrogens is 625 g/mol. The number of carbonyl (C=O) groups is 2. The number of rotatable bonds is 8. The Hall–Kier alpha value is -3.62. The molecule has 3 aromatic carbocycles. The van der Waals surface area contributed by atoms with E-state index in [9.17, 15) is 18.5 Å². The Morgan fingerprint density at radius 3 is 2.14 bits per heavy atom. The van der Waals surface area contributed by atoms with Gasteiger partial charge in [0.1, 0.15) is 12.7 Å². The van der Waals surface area contributed by atoms with Crippen LogP contribution < -0.4 is 4.31 Å². The zero-order valence-corrected chi connectivity index (χ0v) is 26.8. The summed E-state index contributed by atoms with van der Waals surface area (Å²) < 4.78 is 33.8. The van der Waals surface area contributed by atoms with Gasteiger partial charge in [-0.05, 0) is 61.2 Å². The van der Waals surface area contributed by atoms with E-state index in [2.05, 4.69) is 6.07 Å². The topological polar surface area (TPSA) is 128 Å². The summed E-state index contributed by atoms with van der Waals surface area (Å²) in [7, 11) is -3.67. The Balaban J connectivity index is 0.000000407. The van der Waals surface area contributed by atoms with E-state index in [4.69, 9.17) is 37.8 Å². The van der Waals surface area contributed by atoms with Gasteiger partial charge in [0.05, 0.1) is 41.7 Å². The molecule has 0 unspecified atom stereocenters. The fourth-order valence-corrected chi connectivity index (χ4v) is 6.85. The molecule has 1 N–H and O–H groups in total. The van der Waals surface area contributed by atoms with Gasteiger partial charge in [0.15, 0.2) is 0 Å². The second-order valence-electron chi connectivity index (χ2n) is 10.2. The number of anilines is 1. The predicted octanol–water partition coefficient (Wildman–Crippen LogP) is 6.32. The molecule has 0 bridgehead atoms. The van der Waals surface area contributed by atoms with E-state index in [1.807, 2.05) is 49.4 Å². The first-order chi connectivity index (χ1) is 21.0. The number of morpholine rings is 1. The first-order valence-electron chi connectivity index (χ1n) is 14.0. The van der Waals surface area contributed by atoms with Crippen LogP contribution in [0.3, 0.4) is 0 Å². The highest BCUT2D eigenvalue weighted by molar-refractivity contribution is 7.93. The van der Waals surface area contributed by atoms with Gasteiger partial charge >= 0.3 is 0 Å². The van der Waals surface area contributed by atoms with Crippen LogP contribution in [0.25, 0.3) is 0 Å². The maximum absolute atomic E-state index is 13.4. The quantitative estimate of drug-likeness (QED) is 0.300. The Morgan fingerprint density at radius 1 is 1.05 bits per heavy atom. The molecule has 1 aliphatic carbocycles. The normalized spacial score (nSPS) is 16.8. The lowest BCUT2D eigenvalue weighted by Gasteiger charge is -2.43. The number of carbonyl (C=O) groups excluding carboxylic acids is 1. The monoisotopic (exact) mass is 659 g/mol. The van der Waals surface area contributed by atoms with E-state index in [-0.39, 0.29) is 25.1 Å². The Bertz CT molecular complexity index is 1540. The number of nitriles is 1. The number of benzene rings is 3. The number of carboxylic acids is 1. The predicted molar refractivity (Wildman–Crippen MR) is 171 cm³/mol. The van der Waals surface area contributed by atoms with Gasteiger partial charge in [-0.2, -0.15) is 5.26 Å². The molecule has 1 saturated carbocycles. The Kier molecular flexibility index (Phi) is 13.0. The molecule has 1 amide bonds. The Labute approximate surface area is 268 Å². The molecule has 0 spiro atoms. The second kappa shape index (κ2) is 16.5.